The minimum atomic E-state index is 0.230. The van der Waals surface area contributed by atoms with Crippen molar-refractivity contribution in [2.24, 2.45) is 0 Å². The lowest BCUT2D eigenvalue weighted by Gasteiger charge is -2.05. The predicted octanol–water partition coefficient (Wildman–Crippen LogP) is 1.52. The number of hydrogen-bond donors (Lipinski definition) is 3. The van der Waals surface area contributed by atoms with Crippen LogP contribution >= 0.6 is 11.8 Å². The number of benzene rings is 1. The fourth-order valence-electron chi connectivity index (χ4n) is 1.27. The highest BCUT2D eigenvalue weighted by Crippen LogP contribution is 2.25. The molecule has 0 saturated carbocycles. The Morgan fingerprint density at radius 1 is 0.941 bits per heavy atom. The third-order valence-corrected chi connectivity index (χ3v) is 3.11. The van der Waals surface area contributed by atoms with E-state index in [4.69, 9.17) is 17.2 Å². The van der Waals surface area contributed by atoms with Crippen LogP contribution in [0, 0.1) is 0 Å². The van der Waals surface area contributed by atoms with Gasteiger partial charge in [-0.25, -0.2) is 9.97 Å². The molecule has 6 heteroatoms. The van der Waals surface area contributed by atoms with Gasteiger partial charge in [0.1, 0.15) is 5.69 Å². The van der Waals surface area contributed by atoms with Crippen LogP contribution in [0.1, 0.15) is 5.56 Å². The van der Waals surface area contributed by atoms with Gasteiger partial charge in [-0.1, -0.05) is 42.1 Å². The van der Waals surface area contributed by atoms with Crippen molar-refractivity contribution in [2.45, 2.75) is 10.9 Å². The van der Waals surface area contributed by atoms with Crippen molar-refractivity contribution in [3.8, 4) is 0 Å². The van der Waals surface area contributed by atoms with E-state index in [-0.39, 0.29) is 17.3 Å². The SMILES string of the molecule is Nc1nc(SCc2ccccc2)nc(N)c1N. The molecule has 0 atom stereocenters. The first-order valence-electron chi connectivity index (χ1n) is 5.02. The lowest BCUT2D eigenvalue weighted by Crippen LogP contribution is -2.06. The minimum Gasteiger partial charge on any atom is -0.393 e. The van der Waals surface area contributed by atoms with Crippen molar-refractivity contribution >= 4 is 29.1 Å². The zero-order valence-electron chi connectivity index (χ0n) is 9.13. The fraction of sp³-hybridized carbons (Fsp3) is 0.0909. The molecule has 0 radical (unpaired) electrons. The number of thioether (sulfide) groups is 1. The van der Waals surface area contributed by atoms with Crippen LogP contribution < -0.4 is 17.2 Å². The summed E-state index contributed by atoms with van der Waals surface area (Å²) in [6.45, 7) is 0. The van der Waals surface area contributed by atoms with Gasteiger partial charge in [-0.15, -0.1) is 0 Å². The molecule has 0 aliphatic carbocycles. The van der Waals surface area contributed by atoms with Gasteiger partial charge in [-0.2, -0.15) is 0 Å². The molecule has 0 bridgehead atoms. The Bertz CT molecular complexity index is 492. The van der Waals surface area contributed by atoms with E-state index in [1.807, 2.05) is 30.3 Å². The van der Waals surface area contributed by atoms with Gasteiger partial charge in [0.25, 0.3) is 0 Å². The van der Waals surface area contributed by atoms with E-state index in [1.165, 1.54) is 17.3 Å². The molecule has 0 unspecified atom stereocenters. The largest absolute Gasteiger partial charge is 0.393 e. The molecule has 0 amide bonds. The first-order valence-corrected chi connectivity index (χ1v) is 6.00. The topological polar surface area (TPSA) is 104 Å². The van der Waals surface area contributed by atoms with Gasteiger partial charge in [0.05, 0.1) is 0 Å². The molecule has 0 fully saturated rings. The number of nitrogens with zero attached hydrogens (tertiary/aromatic N) is 2. The highest BCUT2D eigenvalue weighted by Gasteiger charge is 2.07. The molecule has 0 spiro atoms. The first-order chi connectivity index (χ1) is 8.16. The van der Waals surface area contributed by atoms with Crippen molar-refractivity contribution in [1.82, 2.24) is 9.97 Å². The van der Waals surface area contributed by atoms with Crippen molar-refractivity contribution in [2.75, 3.05) is 17.2 Å². The molecule has 2 aromatic rings. The lowest BCUT2D eigenvalue weighted by atomic mass is 10.2. The van der Waals surface area contributed by atoms with Crippen molar-refractivity contribution in [3.63, 3.8) is 0 Å². The van der Waals surface area contributed by atoms with Crippen LogP contribution in [0.15, 0.2) is 35.5 Å². The molecule has 88 valence electrons. The van der Waals surface area contributed by atoms with Gasteiger partial charge in [0, 0.05) is 5.75 Å². The van der Waals surface area contributed by atoms with Gasteiger partial charge >= 0.3 is 0 Å². The maximum Gasteiger partial charge on any atom is 0.191 e. The Kier molecular flexibility index (Phi) is 3.34. The number of nitrogen functional groups attached to an aromatic ring is 3. The van der Waals surface area contributed by atoms with Crippen LogP contribution in [0.5, 0.6) is 0 Å². The highest BCUT2D eigenvalue weighted by molar-refractivity contribution is 7.98. The van der Waals surface area contributed by atoms with Crippen LogP contribution in [-0.2, 0) is 5.75 Å². The number of rotatable bonds is 3. The average Bonchev–Trinajstić information content (AvgIpc) is 2.34. The second-order valence-electron chi connectivity index (χ2n) is 3.46. The minimum absolute atomic E-state index is 0.230. The molecular weight excluding hydrogens is 234 g/mol. The summed E-state index contributed by atoms with van der Waals surface area (Å²) in [4.78, 5) is 8.15. The monoisotopic (exact) mass is 247 g/mol. The average molecular weight is 247 g/mol. The molecule has 5 nitrogen and oxygen atoms in total. The summed E-state index contributed by atoms with van der Waals surface area (Å²) in [6, 6.07) is 10.0. The fourth-order valence-corrected chi connectivity index (χ4v) is 2.08. The molecule has 0 aliphatic heterocycles. The molecular formula is C11H13N5S. The molecule has 6 N–H and O–H groups in total. The third kappa shape index (κ3) is 2.79. The van der Waals surface area contributed by atoms with E-state index >= 15 is 0 Å². The van der Waals surface area contributed by atoms with Crippen LogP contribution in [0.3, 0.4) is 0 Å². The van der Waals surface area contributed by atoms with E-state index in [9.17, 15) is 0 Å². The van der Waals surface area contributed by atoms with Gasteiger partial charge < -0.3 is 17.2 Å². The predicted molar refractivity (Wildman–Crippen MR) is 71.3 cm³/mol. The second kappa shape index (κ2) is 4.92. The van der Waals surface area contributed by atoms with Crippen molar-refractivity contribution in [3.05, 3.63) is 35.9 Å². The van der Waals surface area contributed by atoms with Crippen LogP contribution in [-0.4, -0.2) is 9.97 Å². The summed E-state index contributed by atoms with van der Waals surface area (Å²) in [7, 11) is 0. The Morgan fingerprint density at radius 3 is 2.12 bits per heavy atom. The highest BCUT2D eigenvalue weighted by atomic mass is 32.2. The number of nitrogens with two attached hydrogens (primary N) is 3. The van der Waals surface area contributed by atoms with Gasteiger partial charge in [-0.3, -0.25) is 0 Å². The Balaban J connectivity index is 2.10. The molecule has 2 rings (SSSR count). The van der Waals surface area contributed by atoms with Crippen molar-refractivity contribution < 1.29 is 0 Å². The van der Waals surface area contributed by atoms with Crippen LogP contribution in [0.2, 0.25) is 0 Å². The maximum absolute atomic E-state index is 5.62. The summed E-state index contributed by atoms with van der Waals surface area (Å²) in [5.74, 6) is 1.23. The Hall–Kier alpha value is -1.95. The summed E-state index contributed by atoms with van der Waals surface area (Å²) < 4.78 is 0. The lowest BCUT2D eigenvalue weighted by molar-refractivity contribution is 0.987. The van der Waals surface area contributed by atoms with E-state index in [1.54, 1.807) is 0 Å². The smallest absolute Gasteiger partial charge is 0.191 e. The summed E-state index contributed by atoms with van der Waals surface area (Å²) >= 11 is 1.47. The van der Waals surface area contributed by atoms with Gasteiger partial charge in [0.2, 0.25) is 0 Å². The van der Waals surface area contributed by atoms with Gasteiger partial charge in [-0.05, 0) is 5.56 Å². The van der Waals surface area contributed by atoms with Crippen molar-refractivity contribution in [1.29, 1.82) is 0 Å². The summed E-state index contributed by atoms with van der Waals surface area (Å²) in [5.41, 5.74) is 18.3. The summed E-state index contributed by atoms with van der Waals surface area (Å²) in [6.07, 6.45) is 0. The Labute approximate surface area is 103 Å². The maximum atomic E-state index is 5.62. The molecule has 0 saturated heterocycles. The van der Waals surface area contributed by atoms with E-state index in [0.717, 1.165) is 5.75 Å². The van der Waals surface area contributed by atoms with E-state index in [0.29, 0.717) is 5.16 Å². The number of hydrogen-bond acceptors (Lipinski definition) is 6. The summed E-state index contributed by atoms with van der Waals surface area (Å²) in [5, 5.41) is 0.540. The normalized spacial score (nSPS) is 10.4. The molecule has 0 aliphatic rings. The number of anilines is 3. The molecule has 17 heavy (non-hydrogen) atoms. The molecule has 1 heterocycles. The first kappa shape index (κ1) is 11.5. The van der Waals surface area contributed by atoms with E-state index in [2.05, 4.69) is 9.97 Å². The Morgan fingerprint density at radius 2 is 1.53 bits per heavy atom. The quantitative estimate of drug-likeness (QED) is 0.561. The third-order valence-electron chi connectivity index (χ3n) is 2.19. The number of aromatic nitrogens is 2. The van der Waals surface area contributed by atoms with Crippen LogP contribution in [0.4, 0.5) is 17.3 Å². The zero-order valence-corrected chi connectivity index (χ0v) is 9.95. The zero-order chi connectivity index (χ0) is 12.3. The second-order valence-corrected chi connectivity index (χ2v) is 4.41. The molecule has 1 aromatic carbocycles. The standard InChI is InChI=1S/C11H13N5S/c12-8-9(13)15-11(16-10(8)14)17-6-7-4-2-1-3-5-7/h1-5H,6,12H2,(H4,13,14,15,16). The molecule has 1 aromatic heterocycles. The van der Waals surface area contributed by atoms with Crippen LogP contribution in [0.25, 0.3) is 0 Å². The van der Waals surface area contributed by atoms with Gasteiger partial charge in [0.15, 0.2) is 16.8 Å². The van der Waals surface area contributed by atoms with E-state index < -0.39 is 0 Å².